The van der Waals surface area contributed by atoms with E-state index in [1.165, 1.54) is 42.8 Å². The van der Waals surface area contributed by atoms with Gasteiger partial charge in [0.25, 0.3) is 0 Å². The number of fused-ring (bicyclic) bond motifs is 1. The van der Waals surface area contributed by atoms with E-state index in [0.717, 1.165) is 44.1 Å². The maximum Gasteiger partial charge on any atom is 0.224 e. The van der Waals surface area contributed by atoms with Crippen LogP contribution in [0.15, 0.2) is 6.07 Å². The molecule has 2 fully saturated rings. The monoisotopic (exact) mass is 400 g/mol. The van der Waals surface area contributed by atoms with Crippen LogP contribution in [0.3, 0.4) is 0 Å². The molecule has 2 aliphatic heterocycles. The van der Waals surface area contributed by atoms with E-state index in [4.69, 9.17) is 21.7 Å². The third-order valence-corrected chi connectivity index (χ3v) is 6.57. The predicted octanol–water partition coefficient (Wildman–Crippen LogP) is 3.93. The molecule has 3 aliphatic rings. The number of halogens is 1. The van der Waals surface area contributed by atoms with E-state index in [-0.39, 0.29) is 0 Å². The largest absolute Gasteiger partial charge is 0.356 e. The lowest BCUT2D eigenvalue weighted by molar-refractivity contribution is 0.291. The number of nitrogens with zero attached hydrogens (tertiary/aromatic N) is 6. The highest BCUT2D eigenvalue weighted by Crippen LogP contribution is 2.41. The fraction of sp³-hybridized carbons (Fsp3) is 0.667. The molecule has 1 saturated carbocycles. The molecular weight excluding hydrogens is 372 g/mol. The summed E-state index contributed by atoms with van der Waals surface area (Å²) in [7, 11) is 2.06. The van der Waals surface area contributed by atoms with E-state index in [9.17, 15) is 0 Å². The molecule has 7 heteroatoms. The van der Waals surface area contributed by atoms with Crippen molar-refractivity contribution in [2.24, 2.45) is 12.5 Å². The Morgan fingerprint density at radius 1 is 1.14 bits per heavy atom. The number of aromatic nitrogens is 4. The van der Waals surface area contributed by atoms with Crippen molar-refractivity contribution in [1.29, 1.82) is 0 Å². The summed E-state index contributed by atoms with van der Waals surface area (Å²) in [6, 6.07) is 2.28. The first kappa shape index (κ1) is 18.2. The van der Waals surface area contributed by atoms with Crippen LogP contribution < -0.4 is 9.80 Å². The molecule has 4 heterocycles. The summed E-state index contributed by atoms with van der Waals surface area (Å²) in [5, 5.41) is 5.14. The number of aryl methyl sites for hydroxylation is 1. The molecule has 0 unspecified atom stereocenters. The van der Waals surface area contributed by atoms with Crippen LogP contribution in [0.5, 0.6) is 0 Å². The smallest absolute Gasteiger partial charge is 0.224 e. The first-order valence-electron chi connectivity index (χ1n) is 10.5. The Morgan fingerprint density at radius 3 is 2.71 bits per heavy atom. The number of piperidine rings is 1. The van der Waals surface area contributed by atoms with E-state index in [0.29, 0.717) is 16.6 Å². The highest BCUT2D eigenvalue weighted by molar-refractivity contribution is 6.28. The Labute approximate surface area is 171 Å². The second kappa shape index (κ2) is 6.61. The Kier molecular flexibility index (Phi) is 4.30. The molecule has 0 atom stereocenters. The zero-order valence-corrected chi connectivity index (χ0v) is 17.8. The van der Waals surface area contributed by atoms with Crippen molar-refractivity contribution in [2.45, 2.75) is 58.4 Å². The molecule has 2 aromatic rings. The van der Waals surface area contributed by atoms with Gasteiger partial charge >= 0.3 is 0 Å². The average molecular weight is 401 g/mol. The van der Waals surface area contributed by atoms with Gasteiger partial charge in [-0.05, 0) is 42.7 Å². The SMILES string of the molecule is Cn1nc(C2CC2)cc1N1CCc2nc(Cl)nc(N3CCCC(C)(C)C3)c2C1. The van der Waals surface area contributed by atoms with Crippen LogP contribution in [0, 0.1) is 5.41 Å². The van der Waals surface area contributed by atoms with Gasteiger partial charge < -0.3 is 9.80 Å². The summed E-state index contributed by atoms with van der Waals surface area (Å²) < 4.78 is 2.04. The van der Waals surface area contributed by atoms with Gasteiger partial charge in [0.05, 0.1) is 11.4 Å². The van der Waals surface area contributed by atoms with Gasteiger partial charge in [0, 0.05) is 57.2 Å². The number of rotatable bonds is 3. The van der Waals surface area contributed by atoms with Crippen molar-refractivity contribution in [3.8, 4) is 0 Å². The van der Waals surface area contributed by atoms with Crippen molar-refractivity contribution in [2.75, 3.05) is 29.4 Å². The predicted molar refractivity (Wildman–Crippen MR) is 112 cm³/mol. The zero-order chi connectivity index (χ0) is 19.5. The Hall–Kier alpha value is -1.82. The topological polar surface area (TPSA) is 50.1 Å². The van der Waals surface area contributed by atoms with Gasteiger partial charge in [-0.1, -0.05) is 13.8 Å². The van der Waals surface area contributed by atoms with Crippen LogP contribution in [0.1, 0.15) is 62.4 Å². The minimum Gasteiger partial charge on any atom is -0.356 e. The molecule has 0 amide bonds. The summed E-state index contributed by atoms with van der Waals surface area (Å²) >= 11 is 6.32. The third-order valence-electron chi connectivity index (χ3n) is 6.40. The molecule has 28 heavy (non-hydrogen) atoms. The van der Waals surface area contributed by atoms with Crippen molar-refractivity contribution < 1.29 is 0 Å². The van der Waals surface area contributed by atoms with Gasteiger partial charge in [0.2, 0.25) is 5.28 Å². The molecule has 0 N–H and O–H groups in total. The minimum absolute atomic E-state index is 0.304. The molecule has 0 bridgehead atoms. The summed E-state index contributed by atoms with van der Waals surface area (Å²) in [5.41, 5.74) is 3.90. The number of anilines is 2. The summed E-state index contributed by atoms with van der Waals surface area (Å²) in [6.07, 6.45) is 5.90. The molecule has 0 radical (unpaired) electrons. The minimum atomic E-state index is 0.304. The van der Waals surface area contributed by atoms with Crippen LogP contribution in [0.4, 0.5) is 11.6 Å². The Balaban J connectivity index is 1.47. The van der Waals surface area contributed by atoms with Crippen LogP contribution in [0.25, 0.3) is 0 Å². The van der Waals surface area contributed by atoms with E-state index < -0.39 is 0 Å². The lowest BCUT2D eigenvalue weighted by Gasteiger charge is -2.40. The Bertz CT molecular complexity index is 901. The Morgan fingerprint density at radius 2 is 1.96 bits per heavy atom. The van der Waals surface area contributed by atoms with Crippen molar-refractivity contribution in [1.82, 2.24) is 19.7 Å². The molecule has 6 nitrogen and oxygen atoms in total. The van der Waals surface area contributed by atoms with E-state index in [1.807, 2.05) is 4.68 Å². The lowest BCUT2D eigenvalue weighted by Crippen LogP contribution is -2.42. The average Bonchev–Trinajstić information content (AvgIpc) is 3.42. The van der Waals surface area contributed by atoms with Crippen LogP contribution in [0.2, 0.25) is 5.28 Å². The standard InChI is InChI=1S/C21H29ClN6/c1-21(2)8-4-9-28(13-21)19-15-12-27(10-7-16(15)23-20(22)24-19)18-11-17(14-5-6-14)25-26(18)3/h11,14H,4-10,12-13H2,1-3H3. The van der Waals surface area contributed by atoms with Gasteiger partial charge in [0.15, 0.2) is 0 Å². The molecule has 150 valence electrons. The fourth-order valence-corrected chi connectivity index (χ4v) is 4.96. The molecule has 5 rings (SSSR count). The highest BCUT2D eigenvalue weighted by atomic mass is 35.5. The second-order valence-corrected chi connectivity index (χ2v) is 9.77. The molecule has 1 aliphatic carbocycles. The third kappa shape index (κ3) is 3.36. The summed E-state index contributed by atoms with van der Waals surface area (Å²) in [4.78, 5) is 14.1. The molecule has 2 aromatic heterocycles. The van der Waals surface area contributed by atoms with E-state index in [2.05, 4.69) is 41.7 Å². The molecule has 0 spiro atoms. The quantitative estimate of drug-likeness (QED) is 0.730. The molecule has 0 aromatic carbocycles. The van der Waals surface area contributed by atoms with Gasteiger partial charge in [-0.2, -0.15) is 5.10 Å². The maximum absolute atomic E-state index is 6.32. The molecular formula is C21H29ClN6. The summed E-state index contributed by atoms with van der Waals surface area (Å²) in [5.74, 6) is 2.91. The zero-order valence-electron chi connectivity index (χ0n) is 17.1. The lowest BCUT2D eigenvalue weighted by atomic mass is 9.84. The molecule has 1 saturated heterocycles. The first-order valence-corrected chi connectivity index (χ1v) is 10.9. The summed E-state index contributed by atoms with van der Waals surface area (Å²) in [6.45, 7) is 8.51. The van der Waals surface area contributed by atoms with Gasteiger partial charge in [-0.25, -0.2) is 9.97 Å². The van der Waals surface area contributed by atoms with Gasteiger partial charge in [0.1, 0.15) is 11.6 Å². The van der Waals surface area contributed by atoms with Crippen molar-refractivity contribution in [3.05, 3.63) is 28.3 Å². The fourth-order valence-electron chi connectivity index (χ4n) is 4.78. The van der Waals surface area contributed by atoms with Gasteiger partial charge in [-0.3, -0.25) is 4.68 Å². The van der Waals surface area contributed by atoms with Gasteiger partial charge in [-0.15, -0.1) is 0 Å². The second-order valence-electron chi connectivity index (χ2n) is 9.43. The number of hydrogen-bond donors (Lipinski definition) is 0. The first-order chi connectivity index (χ1) is 13.4. The van der Waals surface area contributed by atoms with Crippen molar-refractivity contribution >= 4 is 23.2 Å². The van der Waals surface area contributed by atoms with Crippen molar-refractivity contribution in [3.63, 3.8) is 0 Å². The van der Waals surface area contributed by atoms with E-state index >= 15 is 0 Å². The normalized spacial score (nSPS) is 21.7. The highest BCUT2D eigenvalue weighted by Gasteiger charge is 2.33. The van der Waals surface area contributed by atoms with E-state index in [1.54, 1.807) is 0 Å². The maximum atomic E-state index is 6.32. The number of hydrogen-bond acceptors (Lipinski definition) is 5. The van der Waals surface area contributed by atoms with Crippen LogP contribution >= 0.6 is 11.6 Å². The van der Waals surface area contributed by atoms with Crippen LogP contribution in [-0.4, -0.2) is 39.4 Å². The van der Waals surface area contributed by atoms with Crippen LogP contribution in [-0.2, 0) is 20.0 Å².